The van der Waals surface area contributed by atoms with Crippen molar-refractivity contribution in [3.63, 3.8) is 0 Å². The molecule has 0 aliphatic heterocycles. The third kappa shape index (κ3) is 3.58. The lowest BCUT2D eigenvalue weighted by molar-refractivity contribution is -0.115. The van der Waals surface area contributed by atoms with Crippen molar-refractivity contribution in [3.8, 4) is 0 Å². The van der Waals surface area contributed by atoms with E-state index >= 15 is 0 Å². The Hall–Kier alpha value is -2.93. The average molecular weight is 409 g/mol. The molecule has 2 heterocycles. The molecule has 0 saturated heterocycles. The summed E-state index contributed by atoms with van der Waals surface area (Å²) in [6, 6.07) is 14.3. The number of benzene rings is 2. The molecule has 1 N–H and O–H groups in total. The normalized spacial score (nSPS) is 12.4. The van der Waals surface area contributed by atoms with Gasteiger partial charge in [-0.3, -0.25) is 9.20 Å². The van der Waals surface area contributed by atoms with Gasteiger partial charge in [-0.25, -0.2) is 4.39 Å². The number of para-hydroxylation sites is 2. The van der Waals surface area contributed by atoms with Crippen molar-refractivity contribution >= 4 is 39.9 Å². The van der Waals surface area contributed by atoms with E-state index in [0.717, 1.165) is 27.7 Å². The first kappa shape index (κ1) is 19.4. The van der Waals surface area contributed by atoms with Gasteiger partial charge < -0.3 is 5.32 Å². The molecule has 4 aromatic rings. The first-order valence-corrected chi connectivity index (χ1v) is 10.3. The van der Waals surface area contributed by atoms with Crippen molar-refractivity contribution in [1.29, 1.82) is 0 Å². The Morgan fingerprint density at radius 3 is 2.69 bits per heavy atom. The van der Waals surface area contributed by atoms with Gasteiger partial charge in [0.1, 0.15) is 5.82 Å². The van der Waals surface area contributed by atoms with Crippen LogP contribution in [-0.2, 0) is 4.79 Å². The van der Waals surface area contributed by atoms with Gasteiger partial charge in [-0.2, -0.15) is 0 Å². The number of halogens is 1. The number of aromatic nitrogens is 3. The van der Waals surface area contributed by atoms with Crippen LogP contribution in [0.1, 0.15) is 24.5 Å². The van der Waals surface area contributed by atoms with Gasteiger partial charge in [0, 0.05) is 5.39 Å². The molecule has 1 unspecified atom stereocenters. The summed E-state index contributed by atoms with van der Waals surface area (Å²) in [5.74, 6) is -0.710. The van der Waals surface area contributed by atoms with Gasteiger partial charge in [0.25, 0.3) is 0 Å². The number of nitrogens with one attached hydrogen (secondary N) is 1. The number of hydrogen-bond acceptors (Lipinski definition) is 4. The van der Waals surface area contributed by atoms with Gasteiger partial charge >= 0.3 is 0 Å². The SMILES string of the molecule is CCC(Sc1nnc2cc(C)c3cccc(C)c3n12)C(=O)Nc1ccccc1F. The summed E-state index contributed by atoms with van der Waals surface area (Å²) in [5.41, 5.74) is 4.21. The highest BCUT2D eigenvalue weighted by Crippen LogP contribution is 2.31. The first-order chi connectivity index (χ1) is 14.0. The summed E-state index contributed by atoms with van der Waals surface area (Å²) < 4.78 is 15.9. The van der Waals surface area contributed by atoms with Crippen LogP contribution in [0.3, 0.4) is 0 Å². The lowest BCUT2D eigenvalue weighted by atomic mass is 10.1. The molecule has 0 aliphatic carbocycles. The van der Waals surface area contributed by atoms with E-state index in [-0.39, 0.29) is 11.6 Å². The Bertz CT molecular complexity index is 1220. The van der Waals surface area contributed by atoms with Gasteiger partial charge in [-0.1, -0.05) is 49.0 Å². The van der Waals surface area contributed by atoms with Gasteiger partial charge in [0.15, 0.2) is 10.8 Å². The molecular weight excluding hydrogens is 387 g/mol. The highest BCUT2D eigenvalue weighted by Gasteiger charge is 2.23. The van der Waals surface area contributed by atoms with E-state index in [1.54, 1.807) is 18.2 Å². The van der Waals surface area contributed by atoms with Crippen molar-refractivity contribution < 1.29 is 9.18 Å². The number of rotatable bonds is 5. The molecule has 2 aromatic carbocycles. The van der Waals surface area contributed by atoms with E-state index in [9.17, 15) is 9.18 Å². The van der Waals surface area contributed by atoms with Crippen molar-refractivity contribution in [2.75, 3.05) is 5.32 Å². The summed E-state index contributed by atoms with van der Waals surface area (Å²) in [5, 5.41) is 12.7. The zero-order valence-electron chi connectivity index (χ0n) is 16.4. The Labute approximate surface area is 172 Å². The van der Waals surface area contributed by atoms with Crippen LogP contribution in [0.2, 0.25) is 0 Å². The van der Waals surface area contributed by atoms with E-state index in [0.29, 0.717) is 11.6 Å². The zero-order chi connectivity index (χ0) is 20.5. The lowest BCUT2D eigenvalue weighted by Crippen LogP contribution is -2.25. The molecule has 0 radical (unpaired) electrons. The first-order valence-electron chi connectivity index (χ1n) is 9.45. The van der Waals surface area contributed by atoms with Gasteiger partial charge in [0.2, 0.25) is 5.91 Å². The quantitative estimate of drug-likeness (QED) is 0.464. The number of carbonyl (C=O) groups excluding carboxylic acids is 1. The predicted molar refractivity (Wildman–Crippen MR) is 115 cm³/mol. The van der Waals surface area contributed by atoms with Gasteiger partial charge in [0.05, 0.1) is 16.5 Å². The number of thioether (sulfide) groups is 1. The molecule has 7 heteroatoms. The number of nitrogens with zero attached hydrogens (tertiary/aromatic N) is 3. The van der Waals surface area contributed by atoms with E-state index in [4.69, 9.17) is 0 Å². The molecule has 1 amide bonds. The molecule has 0 bridgehead atoms. The third-order valence-corrected chi connectivity index (χ3v) is 6.24. The molecule has 1 atom stereocenters. The van der Waals surface area contributed by atoms with E-state index in [1.165, 1.54) is 17.8 Å². The summed E-state index contributed by atoms with van der Waals surface area (Å²) >= 11 is 1.34. The fourth-order valence-corrected chi connectivity index (χ4v) is 4.40. The summed E-state index contributed by atoms with van der Waals surface area (Å²) in [4.78, 5) is 12.8. The number of carbonyl (C=O) groups is 1. The molecule has 0 spiro atoms. The Morgan fingerprint density at radius 2 is 1.93 bits per heavy atom. The van der Waals surface area contributed by atoms with Crippen molar-refractivity contribution in [1.82, 2.24) is 14.6 Å². The van der Waals surface area contributed by atoms with Crippen LogP contribution in [0.5, 0.6) is 0 Å². The van der Waals surface area contributed by atoms with Crippen LogP contribution >= 0.6 is 11.8 Å². The molecule has 148 valence electrons. The fourth-order valence-electron chi connectivity index (χ4n) is 3.43. The number of aryl methyl sites for hydroxylation is 2. The predicted octanol–water partition coefficient (Wildman–Crippen LogP) is 5.15. The van der Waals surface area contributed by atoms with Crippen LogP contribution in [0, 0.1) is 19.7 Å². The minimum atomic E-state index is -0.453. The standard InChI is InChI=1S/C22H21FN4OS/c1-4-18(21(28)24-17-11-6-5-10-16(17)23)29-22-26-25-19-12-14(3)15-9-7-8-13(2)20(15)27(19)22/h5-12,18H,4H2,1-3H3,(H,24,28). The molecule has 4 rings (SSSR count). The van der Waals surface area contributed by atoms with E-state index in [1.807, 2.05) is 23.5 Å². The van der Waals surface area contributed by atoms with E-state index in [2.05, 4.69) is 41.5 Å². The van der Waals surface area contributed by atoms with Crippen molar-refractivity contribution in [3.05, 3.63) is 65.5 Å². The van der Waals surface area contributed by atoms with Crippen LogP contribution < -0.4 is 5.32 Å². The monoisotopic (exact) mass is 408 g/mol. The number of hydrogen-bond donors (Lipinski definition) is 1. The number of anilines is 1. The smallest absolute Gasteiger partial charge is 0.238 e. The van der Waals surface area contributed by atoms with Crippen LogP contribution in [0.4, 0.5) is 10.1 Å². The topological polar surface area (TPSA) is 59.3 Å². The van der Waals surface area contributed by atoms with Crippen LogP contribution in [0.25, 0.3) is 16.6 Å². The molecule has 2 aromatic heterocycles. The molecule has 0 fully saturated rings. The molecule has 29 heavy (non-hydrogen) atoms. The fraction of sp³-hybridized carbons (Fsp3) is 0.227. The molecule has 0 saturated carbocycles. The zero-order valence-corrected chi connectivity index (χ0v) is 17.3. The van der Waals surface area contributed by atoms with Crippen LogP contribution in [0.15, 0.2) is 53.7 Å². The number of amides is 1. The second-order valence-electron chi connectivity index (χ2n) is 6.96. The minimum Gasteiger partial charge on any atom is -0.323 e. The number of fused-ring (bicyclic) bond motifs is 3. The molecule has 5 nitrogen and oxygen atoms in total. The maximum absolute atomic E-state index is 13.9. The summed E-state index contributed by atoms with van der Waals surface area (Å²) in [6.45, 7) is 6.03. The summed E-state index contributed by atoms with van der Waals surface area (Å²) in [6.07, 6.45) is 0.572. The maximum atomic E-state index is 13.9. The van der Waals surface area contributed by atoms with Gasteiger partial charge in [-0.15, -0.1) is 10.2 Å². The highest BCUT2D eigenvalue weighted by atomic mass is 32.2. The van der Waals surface area contributed by atoms with Crippen molar-refractivity contribution in [2.24, 2.45) is 0 Å². The van der Waals surface area contributed by atoms with Crippen LogP contribution in [-0.4, -0.2) is 25.8 Å². The minimum absolute atomic E-state index is 0.180. The number of pyridine rings is 1. The molecular formula is C22H21FN4OS. The van der Waals surface area contributed by atoms with Crippen molar-refractivity contribution in [2.45, 2.75) is 37.6 Å². The second kappa shape index (κ2) is 7.83. The Kier molecular flexibility index (Phi) is 5.24. The lowest BCUT2D eigenvalue weighted by Gasteiger charge is -2.15. The second-order valence-corrected chi connectivity index (χ2v) is 8.13. The maximum Gasteiger partial charge on any atom is 0.238 e. The molecule has 0 aliphatic rings. The largest absolute Gasteiger partial charge is 0.323 e. The Balaban J connectivity index is 1.71. The van der Waals surface area contributed by atoms with E-state index < -0.39 is 11.1 Å². The Morgan fingerprint density at radius 1 is 1.14 bits per heavy atom. The average Bonchev–Trinajstić information content (AvgIpc) is 3.10. The summed E-state index contributed by atoms with van der Waals surface area (Å²) in [7, 11) is 0. The highest BCUT2D eigenvalue weighted by molar-refractivity contribution is 8.00. The van der Waals surface area contributed by atoms with Gasteiger partial charge in [-0.05, 0) is 49.6 Å². The third-order valence-electron chi connectivity index (χ3n) is 4.93.